The molecule has 1 saturated carbocycles. The average molecular weight is 299 g/mol. The number of primary amides is 1. The van der Waals surface area contributed by atoms with Gasteiger partial charge < -0.3 is 21.5 Å². The Hall–Kier alpha value is -1.79. The molecule has 0 aromatic heterocycles. The lowest BCUT2D eigenvalue weighted by molar-refractivity contribution is -0.139. The molecule has 5 N–H and O–H groups in total. The van der Waals surface area contributed by atoms with E-state index in [9.17, 15) is 14.4 Å². The highest BCUT2D eigenvalue weighted by atomic mass is 16.4. The van der Waals surface area contributed by atoms with Crippen LogP contribution in [0.2, 0.25) is 0 Å². The van der Waals surface area contributed by atoms with Crippen LogP contribution in [0.3, 0.4) is 0 Å². The summed E-state index contributed by atoms with van der Waals surface area (Å²) in [6.45, 7) is 4.32. The van der Waals surface area contributed by atoms with Gasteiger partial charge >= 0.3 is 12.0 Å². The molecule has 7 heteroatoms. The van der Waals surface area contributed by atoms with Gasteiger partial charge in [-0.25, -0.2) is 9.59 Å². The Morgan fingerprint density at radius 3 is 2.57 bits per heavy atom. The van der Waals surface area contributed by atoms with E-state index in [0.717, 1.165) is 25.7 Å². The Balaban J connectivity index is 2.46. The lowest BCUT2D eigenvalue weighted by Crippen LogP contribution is -2.50. The fourth-order valence-corrected chi connectivity index (χ4v) is 2.75. The van der Waals surface area contributed by atoms with Gasteiger partial charge in [-0.3, -0.25) is 4.79 Å². The third kappa shape index (κ3) is 6.46. The summed E-state index contributed by atoms with van der Waals surface area (Å²) in [5.74, 6) is -1.76. The quantitative estimate of drug-likeness (QED) is 0.584. The van der Waals surface area contributed by atoms with E-state index in [0.29, 0.717) is 0 Å². The lowest BCUT2D eigenvalue weighted by atomic mass is 9.75. The van der Waals surface area contributed by atoms with Crippen molar-refractivity contribution in [3.05, 3.63) is 0 Å². The van der Waals surface area contributed by atoms with Gasteiger partial charge in [0, 0.05) is 12.5 Å². The van der Waals surface area contributed by atoms with E-state index in [2.05, 4.69) is 24.5 Å². The number of urea groups is 1. The van der Waals surface area contributed by atoms with Crippen molar-refractivity contribution in [1.29, 1.82) is 0 Å². The van der Waals surface area contributed by atoms with Crippen molar-refractivity contribution in [2.75, 3.05) is 0 Å². The van der Waals surface area contributed by atoms with Gasteiger partial charge in [-0.1, -0.05) is 20.3 Å². The number of hydrogen-bond donors (Lipinski definition) is 4. The van der Waals surface area contributed by atoms with E-state index < -0.39 is 23.9 Å². The second-order valence-electron chi connectivity index (χ2n) is 6.47. The van der Waals surface area contributed by atoms with Crippen LogP contribution in [0.4, 0.5) is 4.79 Å². The van der Waals surface area contributed by atoms with Crippen LogP contribution >= 0.6 is 0 Å². The van der Waals surface area contributed by atoms with Crippen molar-refractivity contribution < 1.29 is 19.5 Å². The van der Waals surface area contributed by atoms with Crippen molar-refractivity contribution in [2.24, 2.45) is 11.1 Å². The molecule has 1 aliphatic carbocycles. The van der Waals surface area contributed by atoms with E-state index in [1.165, 1.54) is 0 Å². The number of aliphatic carboxylic acids is 1. The molecule has 7 nitrogen and oxygen atoms in total. The normalized spacial score (nSPS) is 22.1. The largest absolute Gasteiger partial charge is 0.480 e. The first-order valence-electron chi connectivity index (χ1n) is 7.28. The Labute approximate surface area is 124 Å². The molecule has 0 spiro atoms. The summed E-state index contributed by atoms with van der Waals surface area (Å²) >= 11 is 0. The molecule has 1 fully saturated rings. The summed E-state index contributed by atoms with van der Waals surface area (Å²) < 4.78 is 0. The van der Waals surface area contributed by atoms with Crippen LogP contribution in [0.5, 0.6) is 0 Å². The van der Waals surface area contributed by atoms with Crippen LogP contribution < -0.4 is 16.4 Å². The third-order valence-corrected chi connectivity index (χ3v) is 3.82. The molecular formula is C14H25N3O4. The molecule has 1 aliphatic rings. The smallest absolute Gasteiger partial charge is 0.326 e. The highest BCUT2D eigenvalue weighted by Crippen LogP contribution is 2.34. The average Bonchev–Trinajstić information content (AvgIpc) is 2.32. The second-order valence-corrected chi connectivity index (χ2v) is 6.47. The molecule has 3 amide bonds. The minimum absolute atomic E-state index is 0.00571. The van der Waals surface area contributed by atoms with E-state index in [4.69, 9.17) is 10.8 Å². The highest BCUT2D eigenvalue weighted by molar-refractivity contribution is 5.83. The third-order valence-electron chi connectivity index (χ3n) is 3.82. The summed E-state index contributed by atoms with van der Waals surface area (Å²) in [5.41, 5.74) is 5.18. The van der Waals surface area contributed by atoms with Gasteiger partial charge in [0.25, 0.3) is 0 Å². The maximum absolute atomic E-state index is 11.9. The molecule has 1 rings (SSSR count). The zero-order valence-corrected chi connectivity index (χ0v) is 12.6. The minimum atomic E-state index is -1.17. The predicted octanol–water partition coefficient (Wildman–Crippen LogP) is 0.973. The van der Waals surface area contributed by atoms with Crippen molar-refractivity contribution in [3.63, 3.8) is 0 Å². The second kappa shape index (κ2) is 7.28. The van der Waals surface area contributed by atoms with Crippen LogP contribution in [-0.4, -0.2) is 35.1 Å². The zero-order valence-electron chi connectivity index (χ0n) is 12.6. The number of hydrogen-bond acceptors (Lipinski definition) is 3. The van der Waals surface area contributed by atoms with Crippen molar-refractivity contribution in [3.8, 4) is 0 Å². The molecule has 0 bridgehead atoms. The van der Waals surface area contributed by atoms with E-state index in [1.807, 2.05) is 0 Å². The van der Waals surface area contributed by atoms with Gasteiger partial charge in [-0.15, -0.1) is 0 Å². The first-order valence-corrected chi connectivity index (χ1v) is 7.28. The fourth-order valence-electron chi connectivity index (χ4n) is 2.75. The number of amides is 3. The summed E-state index contributed by atoms with van der Waals surface area (Å²) in [4.78, 5) is 33.6. The molecule has 1 unspecified atom stereocenters. The van der Waals surface area contributed by atoms with Gasteiger partial charge in [0.15, 0.2) is 0 Å². The van der Waals surface area contributed by atoms with Crippen LogP contribution in [0.25, 0.3) is 0 Å². The summed E-state index contributed by atoms with van der Waals surface area (Å²) in [6.07, 6.45) is 3.86. The standard InChI is InChI=1S/C14H25N3O4/c1-14(2)7-3-4-9(8-14)16-13(21)17-10(12(19)20)5-6-11(15)18/h9-10H,3-8H2,1-2H3,(H2,15,18)(H,19,20)(H2,16,17,21)/t9?,10-/m0/s1. The van der Waals surface area contributed by atoms with E-state index in [1.54, 1.807) is 0 Å². The summed E-state index contributed by atoms with van der Waals surface area (Å²) in [7, 11) is 0. The Kier molecular flexibility index (Phi) is 5.99. The number of carboxylic acids is 1. The van der Waals surface area contributed by atoms with Crippen molar-refractivity contribution in [1.82, 2.24) is 10.6 Å². The number of carboxylic acid groups (broad SMARTS) is 1. The summed E-state index contributed by atoms with van der Waals surface area (Å²) in [5, 5.41) is 14.2. The first kappa shape index (κ1) is 17.3. The first-order chi connectivity index (χ1) is 9.69. The molecule has 0 radical (unpaired) electrons. The van der Waals surface area contributed by atoms with Crippen LogP contribution in [0, 0.1) is 5.41 Å². The molecule has 2 atom stereocenters. The monoisotopic (exact) mass is 299 g/mol. The highest BCUT2D eigenvalue weighted by Gasteiger charge is 2.29. The maximum atomic E-state index is 11.9. The molecule has 0 aromatic carbocycles. The molecule has 120 valence electrons. The van der Waals surface area contributed by atoms with Crippen LogP contribution in [0.1, 0.15) is 52.4 Å². The Morgan fingerprint density at radius 2 is 2.05 bits per heavy atom. The fraction of sp³-hybridized carbons (Fsp3) is 0.786. The zero-order chi connectivity index (χ0) is 16.0. The predicted molar refractivity (Wildman–Crippen MR) is 77.6 cm³/mol. The summed E-state index contributed by atoms with van der Waals surface area (Å²) in [6, 6.07) is -1.55. The molecule has 0 saturated heterocycles. The number of carbonyl (C=O) groups excluding carboxylic acids is 2. The molecule has 21 heavy (non-hydrogen) atoms. The lowest BCUT2D eigenvalue weighted by Gasteiger charge is -2.35. The van der Waals surface area contributed by atoms with Crippen molar-refractivity contribution in [2.45, 2.75) is 64.5 Å². The van der Waals surface area contributed by atoms with Gasteiger partial charge in [0.05, 0.1) is 0 Å². The molecule has 0 heterocycles. The Morgan fingerprint density at radius 1 is 1.38 bits per heavy atom. The van der Waals surface area contributed by atoms with E-state index in [-0.39, 0.29) is 24.3 Å². The molecule has 0 aliphatic heterocycles. The van der Waals surface area contributed by atoms with Gasteiger partial charge in [-0.05, 0) is 31.1 Å². The number of nitrogens with two attached hydrogens (primary N) is 1. The number of rotatable bonds is 6. The minimum Gasteiger partial charge on any atom is -0.480 e. The SMILES string of the molecule is CC1(C)CCCC(NC(=O)N[C@@H](CCC(N)=O)C(=O)O)C1. The maximum Gasteiger partial charge on any atom is 0.326 e. The van der Waals surface area contributed by atoms with Gasteiger partial charge in [-0.2, -0.15) is 0 Å². The van der Waals surface area contributed by atoms with Gasteiger partial charge in [0.1, 0.15) is 6.04 Å². The van der Waals surface area contributed by atoms with Gasteiger partial charge in [0.2, 0.25) is 5.91 Å². The Bertz CT molecular complexity index is 409. The number of nitrogens with one attached hydrogen (secondary N) is 2. The van der Waals surface area contributed by atoms with E-state index >= 15 is 0 Å². The molecular weight excluding hydrogens is 274 g/mol. The molecule has 0 aromatic rings. The van der Waals surface area contributed by atoms with Crippen LogP contribution in [0.15, 0.2) is 0 Å². The number of carbonyl (C=O) groups is 3. The topological polar surface area (TPSA) is 122 Å². The van der Waals surface area contributed by atoms with Crippen molar-refractivity contribution >= 4 is 17.9 Å². The van der Waals surface area contributed by atoms with Crippen LogP contribution in [-0.2, 0) is 9.59 Å².